The maximum Gasteiger partial charge on any atom is 0.327 e. The highest BCUT2D eigenvalue weighted by molar-refractivity contribution is 7.80. The number of hydrogen-bond donors (Lipinski definition) is 7. The summed E-state index contributed by atoms with van der Waals surface area (Å²) in [6.45, 7) is 7.28. The number of rotatable bonds is 13. The highest BCUT2D eigenvalue weighted by atomic mass is 32.1. The lowest BCUT2D eigenvalue weighted by Crippen LogP contribution is -2.59. The van der Waals surface area contributed by atoms with Gasteiger partial charge in [0.25, 0.3) is 0 Å². The maximum atomic E-state index is 13.2. The zero-order valence-electron chi connectivity index (χ0n) is 21.1. The number of amides is 3. The van der Waals surface area contributed by atoms with Crippen molar-refractivity contribution in [2.45, 2.75) is 64.7 Å². The topological polar surface area (TPSA) is 166 Å². The summed E-state index contributed by atoms with van der Waals surface area (Å²) in [5.74, 6) is -3.23. The second kappa shape index (κ2) is 13.3. The van der Waals surface area contributed by atoms with Crippen LogP contribution in [0.5, 0.6) is 0 Å². The van der Waals surface area contributed by atoms with Crippen molar-refractivity contribution in [1.29, 1.82) is 0 Å². The average molecular weight is 520 g/mol. The quantitative estimate of drug-likeness (QED) is 0.196. The Morgan fingerprint density at radius 1 is 0.972 bits per heavy atom. The average Bonchev–Trinajstić information content (AvgIpc) is 3.22. The molecule has 0 spiro atoms. The first-order valence-corrected chi connectivity index (χ1v) is 12.6. The van der Waals surface area contributed by atoms with Gasteiger partial charge in [-0.1, -0.05) is 45.9 Å². The summed E-state index contributed by atoms with van der Waals surface area (Å²) >= 11 is 3.95. The smallest absolute Gasteiger partial charge is 0.327 e. The molecule has 3 amide bonds. The van der Waals surface area contributed by atoms with E-state index >= 15 is 0 Å². The van der Waals surface area contributed by atoms with Crippen LogP contribution in [0, 0.1) is 11.8 Å². The summed E-state index contributed by atoms with van der Waals surface area (Å²) in [4.78, 5) is 53.2. The third-order valence-electron chi connectivity index (χ3n) is 5.84. The molecule has 11 heteroatoms. The lowest BCUT2D eigenvalue weighted by atomic mass is 9.99. The zero-order chi connectivity index (χ0) is 27.0. The van der Waals surface area contributed by atoms with Crippen molar-refractivity contribution in [1.82, 2.24) is 20.9 Å². The fourth-order valence-electron chi connectivity index (χ4n) is 3.85. The monoisotopic (exact) mass is 519 g/mol. The third kappa shape index (κ3) is 7.99. The Morgan fingerprint density at radius 3 is 2.19 bits per heavy atom. The Bertz CT molecular complexity index is 1070. The number of benzene rings is 1. The van der Waals surface area contributed by atoms with Crippen LogP contribution in [0.2, 0.25) is 0 Å². The summed E-state index contributed by atoms with van der Waals surface area (Å²) in [5, 5.41) is 18.0. The number of aromatic amines is 1. The molecule has 4 unspecified atom stereocenters. The van der Waals surface area contributed by atoms with Crippen LogP contribution in [0.3, 0.4) is 0 Å². The minimum Gasteiger partial charge on any atom is -0.480 e. The van der Waals surface area contributed by atoms with Crippen molar-refractivity contribution >= 4 is 47.2 Å². The van der Waals surface area contributed by atoms with Gasteiger partial charge in [-0.15, -0.1) is 0 Å². The van der Waals surface area contributed by atoms with Gasteiger partial charge in [0, 0.05) is 22.9 Å². The fraction of sp³-hybridized carbons (Fsp3) is 0.520. The number of carboxylic acids is 1. The summed E-state index contributed by atoms with van der Waals surface area (Å²) in [6, 6.07) is 3.71. The molecule has 0 saturated heterocycles. The SMILES string of the molecule is CC(C)CC(NC(=O)C(N)Cc1c[nH]c2ccccc12)C(=O)NC(C(=O)NC(CS)C(=O)O)C(C)C. The maximum absolute atomic E-state index is 13.2. The Hall–Kier alpha value is -3.05. The van der Waals surface area contributed by atoms with Crippen molar-refractivity contribution in [2.75, 3.05) is 5.75 Å². The minimum atomic E-state index is -1.22. The van der Waals surface area contributed by atoms with E-state index in [9.17, 15) is 24.3 Å². The number of fused-ring (bicyclic) bond motifs is 1. The number of hydrogen-bond acceptors (Lipinski definition) is 6. The van der Waals surface area contributed by atoms with Crippen LogP contribution < -0.4 is 21.7 Å². The molecule has 36 heavy (non-hydrogen) atoms. The van der Waals surface area contributed by atoms with E-state index in [1.54, 1.807) is 13.8 Å². The number of nitrogens with two attached hydrogens (primary N) is 1. The van der Waals surface area contributed by atoms with Crippen molar-refractivity contribution in [3.63, 3.8) is 0 Å². The molecule has 0 fully saturated rings. The number of aliphatic carboxylic acids is 1. The van der Waals surface area contributed by atoms with Crippen molar-refractivity contribution in [3.05, 3.63) is 36.0 Å². The highest BCUT2D eigenvalue weighted by Gasteiger charge is 2.32. The molecule has 0 aliphatic heterocycles. The Kier molecular flexibility index (Phi) is 10.8. The standard InChI is InChI=1S/C25H37N5O5S/c1-13(2)9-19(23(32)30-21(14(3)4)24(33)29-20(12-36)25(34)35)28-22(31)17(26)10-15-11-27-18-8-6-5-7-16(15)18/h5-8,11,13-14,17,19-21,27,36H,9-10,12,26H2,1-4H3,(H,28,31)(H,29,33)(H,30,32)(H,34,35). The van der Waals surface area contributed by atoms with Gasteiger partial charge in [-0.25, -0.2) is 4.79 Å². The summed E-state index contributed by atoms with van der Waals surface area (Å²) in [5.41, 5.74) is 8.03. The largest absolute Gasteiger partial charge is 0.480 e. The van der Waals surface area contributed by atoms with Gasteiger partial charge < -0.3 is 31.8 Å². The van der Waals surface area contributed by atoms with Crippen LogP contribution in [0.4, 0.5) is 0 Å². The highest BCUT2D eigenvalue weighted by Crippen LogP contribution is 2.19. The molecule has 2 rings (SSSR count). The van der Waals surface area contributed by atoms with Gasteiger partial charge in [0.2, 0.25) is 17.7 Å². The van der Waals surface area contributed by atoms with Gasteiger partial charge in [0.1, 0.15) is 18.1 Å². The first-order valence-electron chi connectivity index (χ1n) is 12.0. The molecule has 1 aromatic heterocycles. The molecule has 2 aromatic rings. The van der Waals surface area contributed by atoms with Gasteiger partial charge in [0.15, 0.2) is 0 Å². The van der Waals surface area contributed by atoms with Crippen LogP contribution in [-0.2, 0) is 25.6 Å². The van der Waals surface area contributed by atoms with E-state index in [1.165, 1.54) is 0 Å². The number of H-pyrrole nitrogens is 1. The fourth-order valence-corrected chi connectivity index (χ4v) is 4.10. The number of carbonyl (C=O) groups excluding carboxylic acids is 3. The molecule has 0 aliphatic rings. The van der Waals surface area contributed by atoms with E-state index in [0.717, 1.165) is 16.5 Å². The van der Waals surface area contributed by atoms with E-state index in [1.807, 2.05) is 44.3 Å². The van der Waals surface area contributed by atoms with Crippen LogP contribution >= 0.6 is 12.6 Å². The van der Waals surface area contributed by atoms with Gasteiger partial charge in [-0.2, -0.15) is 12.6 Å². The van der Waals surface area contributed by atoms with Crippen LogP contribution in [0.1, 0.15) is 39.7 Å². The molecule has 198 valence electrons. The third-order valence-corrected chi connectivity index (χ3v) is 6.20. The van der Waals surface area contributed by atoms with E-state index in [4.69, 9.17) is 5.73 Å². The summed E-state index contributed by atoms with van der Waals surface area (Å²) < 4.78 is 0. The second-order valence-electron chi connectivity index (χ2n) is 9.67. The Morgan fingerprint density at radius 2 is 1.61 bits per heavy atom. The number of para-hydroxylation sites is 1. The number of carbonyl (C=O) groups is 4. The Balaban J connectivity index is 2.10. The van der Waals surface area contributed by atoms with Gasteiger partial charge >= 0.3 is 5.97 Å². The first-order chi connectivity index (χ1) is 16.9. The Labute approximate surface area is 216 Å². The van der Waals surface area contributed by atoms with Crippen molar-refractivity contribution in [3.8, 4) is 0 Å². The number of nitrogens with one attached hydrogen (secondary N) is 4. The minimum absolute atomic E-state index is 0.0674. The summed E-state index contributed by atoms with van der Waals surface area (Å²) in [7, 11) is 0. The molecule has 0 aliphatic carbocycles. The number of carboxylic acid groups (broad SMARTS) is 1. The van der Waals surface area contributed by atoms with E-state index in [2.05, 4.69) is 33.6 Å². The number of thiol groups is 1. The normalized spacial score (nSPS) is 14.8. The molecular weight excluding hydrogens is 482 g/mol. The van der Waals surface area contributed by atoms with E-state index in [0.29, 0.717) is 6.42 Å². The van der Waals surface area contributed by atoms with Gasteiger partial charge in [-0.3, -0.25) is 14.4 Å². The lowest BCUT2D eigenvalue weighted by Gasteiger charge is -2.27. The number of aromatic nitrogens is 1. The lowest BCUT2D eigenvalue weighted by molar-refractivity contribution is -0.142. The molecule has 0 saturated carbocycles. The molecule has 4 atom stereocenters. The first kappa shape index (κ1) is 29.2. The molecule has 1 heterocycles. The molecule has 7 N–H and O–H groups in total. The van der Waals surface area contributed by atoms with Gasteiger partial charge in [-0.05, 0) is 36.3 Å². The second-order valence-corrected chi connectivity index (χ2v) is 10.0. The molecule has 0 radical (unpaired) electrons. The molecular formula is C25H37N5O5S. The van der Waals surface area contributed by atoms with Crippen LogP contribution in [0.15, 0.2) is 30.5 Å². The van der Waals surface area contributed by atoms with Crippen LogP contribution in [-0.4, -0.2) is 63.7 Å². The molecule has 10 nitrogen and oxygen atoms in total. The van der Waals surface area contributed by atoms with Gasteiger partial charge in [0.05, 0.1) is 6.04 Å². The van der Waals surface area contributed by atoms with E-state index in [-0.39, 0.29) is 24.0 Å². The molecule has 1 aromatic carbocycles. The van der Waals surface area contributed by atoms with E-state index < -0.39 is 47.9 Å². The van der Waals surface area contributed by atoms with Crippen LogP contribution in [0.25, 0.3) is 10.9 Å². The molecule has 0 bridgehead atoms. The van der Waals surface area contributed by atoms with Crippen molar-refractivity contribution < 1.29 is 24.3 Å². The predicted octanol–water partition coefficient (Wildman–Crippen LogP) is 1.21. The zero-order valence-corrected chi connectivity index (χ0v) is 22.0. The predicted molar refractivity (Wildman–Crippen MR) is 142 cm³/mol. The summed E-state index contributed by atoms with van der Waals surface area (Å²) in [6.07, 6.45) is 2.43. The van der Waals surface area contributed by atoms with Crippen molar-refractivity contribution in [2.24, 2.45) is 17.6 Å².